The molecule has 1 aliphatic rings. The summed E-state index contributed by atoms with van der Waals surface area (Å²) in [6.45, 7) is 5.66. The van der Waals surface area contributed by atoms with E-state index in [1.807, 2.05) is 55.5 Å². The number of aryl methyl sites for hydroxylation is 1. The van der Waals surface area contributed by atoms with Crippen LogP contribution in [0.25, 0.3) is 16.9 Å². The highest BCUT2D eigenvalue weighted by atomic mass is 79.9. The number of para-hydroxylation sites is 1. The van der Waals surface area contributed by atoms with Gasteiger partial charge in [-0.15, -0.1) is 16.8 Å². The Balaban J connectivity index is 1.63. The molecule has 0 aliphatic carbocycles. The number of ether oxygens (including phenoxy) is 1. The zero-order chi connectivity index (χ0) is 22.9. The third-order valence-corrected chi connectivity index (χ3v) is 6.72. The minimum absolute atomic E-state index is 0.369. The number of aromatic nitrogens is 5. The van der Waals surface area contributed by atoms with Gasteiger partial charge in [0.15, 0.2) is 5.69 Å². The highest BCUT2D eigenvalue weighted by molar-refractivity contribution is 9.10. The molecule has 2 aromatic heterocycles. The Labute approximate surface area is 208 Å². The average Bonchev–Trinajstić information content (AvgIpc) is 3.03. The van der Waals surface area contributed by atoms with Crippen molar-refractivity contribution >= 4 is 45.0 Å². The molecular weight excluding hydrogens is 524 g/mol. The van der Waals surface area contributed by atoms with Gasteiger partial charge in [-0.1, -0.05) is 63.6 Å². The summed E-state index contributed by atoms with van der Waals surface area (Å²) in [5.41, 5.74) is 4.53. The number of anilines is 1. The lowest BCUT2D eigenvalue weighted by Gasteiger charge is -2.19. The zero-order valence-corrected chi connectivity index (χ0v) is 20.7. The quantitative estimate of drug-likeness (QED) is 0.237. The molecule has 10 heteroatoms. The van der Waals surface area contributed by atoms with Crippen molar-refractivity contribution in [3.05, 3.63) is 82.1 Å². The monoisotopic (exact) mass is 540 g/mol. The molecule has 1 unspecified atom stereocenters. The maximum absolute atomic E-state index is 6.84. The van der Waals surface area contributed by atoms with Gasteiger partial charge in [-0.2, -0.15) is 10.1 Å². The SMILES string of the molecule is C=CCSc1nnc2c(n1)OC(c1c(C)nn(-c3ccccc3)c1Cl)Nc1ccc(Br)cc1-2. The van der Waals surface area contributed by atoms with Crippen LogP contribution in [0, 0.1) is 6.92 Å². The third kappa shape index (κ3) is 4.23. The summed E-state index contributed by atoms with van der Waals surface area (Å²) in [4.78, 5) is 4.63. The van der Waals surface area contributed by atoms with E-state index in [1.165, 1.54) is 11.8 Å². The van der Waals surface area contributed by atoms with Gasteiger partial charge < -0.3 is 10.1 Å². The summed E-state index contributed by atoms with van der Waals surface area (Å²) < 4.78 is 8.99. The molecule has 5 rings (SSSR count). The molecule has 0 saturated carbocycles. The maximum atomic E-state index is 6.84. The van der Waals surface area contributed by atoms with Crippen LogP contribution in [0.1, 0.15) is 17.5 Å². The first kappa shape index (κ1) is 21.9. The van der Waals surface area contributed by atoms with Gasteiger partial charge in [0.05, 0.1) is 16.9 Å². The van der Waals surface area contributed by atoms with Crippen molar-refractivity contribution in [2.45, 2.75) is 18.3 Å². The molecule has 0 saturated heterocycles. The molecule has 7 nitrogen and oxygen atoms in total. The molecule has 1 N–H and O–H groups in total. The van der Waals surface area contributed by atoms with E-state index in [0.717, 1.165) is 32.7 Å². The Morgan fingerprint density at radius 2 is 2.06 bits per heavy atom. The second kappa shape index (κ2) is 9.17. The van der Waals surface area contributed by atoms with Gasteiger partial charge >= 0.3 is 0 Å². The molecule has 3 heterocycles. The number of hydrogen-bond acceptors (Lipinski definition) is 7. The van der Waals surface area contributed by atoms with E-state index >= 15 is 0 Å². The molecule has 0 bridgehead atoms. The lowest BCUT2D eigenvalue weighted by molar-refractivity contribution is 0.224. The number of nitrogens with zero attached hydrogens (tertiary/aromatic N) is 5. The van der Waals surface area contributed by atoms with E-state index in [9.17, 15) is 0 Å². The largest absolute Gasteiger partial charge is 0.447 e. The third-order valence-electron chi connectivity index (χ3n) is 5.03. The molecule has 0 radical (unpaired) electrons. The number of benzene rings is 2. The molecule has 0 amide bonds. The smallest absolute Gasteiger partial charge is 0.247 e. The molecular formula is C23H18BrClN6OS. The van der Waals surface area contributed by atoms with Crippen LogP contribution in [-0.4, -0.2) is 30.7 Å². The van der Waals surface area contributed by atoms with Crippen molar-refractivity contribution in [2.24, 2.45) is 0 Å². The number of rotatable bonds is 5. The number of halogens is 2. The molecule has 0 spiro atoms. The van der Waals surface area contributed by atoms with Crippen molar-refractivity contribution in [1.29, 1.82) is 0 Å². The first-order valence-electron chi connectivity index (χ1n) is 10.1. The van der Waals surface area contributed by atoms with Crippen LogP contribution in [0.4, 0.5) is 5.69 Å². The van der Waals surface area contributed by atoms with Crippen LogP contribution in [-0.2, 0) is 0 Å². The van der Waals surface area contributed by atoms with Crippen molar-refractivity contribution in [3.8, 4) is 22.8 Å². The van der Waals surface area contributed by atoms with Gasteiger partial charge in [-0.3, -0.25) is 0 Å². The first-order valence-corrected chi connectivity index (χ1v) is 12.2. The highest BCUT2D eigenvalue weighted by Crippen LogP contribution is 2.42. The lowest BCUT2D eigenvalue weighted by atomic mass is 10.1. The van der Waals surface area contributed by atoms with Crippen LogP contribution in [0.3, 0.4) is 0 Å². The Bertz CT molecular complexity index is 1350. The summed E-state index contributed by atoms with van der Waals surface area (Å²) in [6, 6.07) is 15.6. The van der Waals surface area contributed by atoms with Crippen LogP contribution in [0.5, 0.6) is 5.88 Å². The fraction of sp³-hybridized carbons (Fsp3) is 0.130. The number of nitrogens with one attached hydrogen (secondary N) is 1. The Morgan fingerprint density at radius 3 is 2.85 bits per heavy atom. The van der Waals surface area contributed by atoms with E-state index in [4.69, 9.17) is 16.3 Å². The average molecular weight is 542 g/mol. The topological polar surface area (TPSA) is 77.8 Å². The van der Waals surface area contributed by atoms with E-state index in [2.05, 4.69) is 48.1 Å². The molecule has 33 heavy (non-hydrogen) atoms. The highest BCUT2D eigenvalue weighted by Gasteiger charge is 2.31. The van der Waals surface area contributed by atoms with E-state index in [0.29, 0.717) is 27.6 Å². The predicted octanol–water partition coefficient (Wildman–Crippen LogP) is 6.23. The Morgan fingerprint density at radius 1 is 1.24 bits per heavy atom. The van der Waals surface area contributed by atoms with Gasteiger partial charge in [0.25, 0.3) is 0 Å². The second-order valence-electron chi connectivity index (χ2n) is 7.22. The zero-order valence-electron chi connectivity index (χ0n) is 17.5. The van der Waals surface area contributed by atoms with Gasteiger partial charge in [-0.25, -0.2) is 4.68 Å². The van der Waals surface area contributed by atoms with Crippen LogP contribution in [0.15, 0.2) is 70.8 Å². The van der Waals surface area contributed by atoms with Crippen molar-refractivity contribution in [1.82, 2.24) is 25.0 Å². The molecule has 166 valence electrons. The molecule has 1 atom stereocenters. The second-order valence-corrected chi connectivity index (χ2v) is 9.48. The maximum Gasteiger partial charge on any atom is 0.247 e. The minimum atomic E-state index is -0.634. The number of hydrogen-bond donors (Lipinski definition) is 1. The molecule has 1 aliphatic heterocycles. The van der Waals surface area contributed by atoms with Crippen LogP contribution in [0.2, 0.25) is 5.15 Å². The van der Waals surface area contributed by atoms with E-state index < -0.39 is 6.23 Å². The summed E-state index contributed by atoms with van der Waals surface area (Å²) in [7, 11) is 0. The first-order chi connectivity index (χ1) is 16.0. The predicted molar refractivity (Wildman–Crippen MR) is 134 cm³/mol. The van der Waals surface area contributed by atoms with E-state index in [-0.39, 0.29) is 0 Å². The fourth-order valence-electron chi connectivity index (χ4n) is 3.54. The molecule has 4 aromatic rings. The van der Waals surface area contributed by atoms with Gasteiger partial charge in [0, 0.05) is 21.5 Å². The Kier molecular flexibility index (Phi) is 6.09. The standard InChI is InChI=1S/C23H18BrClN6OS/c1-3-11-33-23-27-22-19(28-29-23)16-12-14(24)9-10-17(16)26-21(32-22)18-13(2)30-31(20(18)25)15-7-5-4-6-8-15/h3-10,12,21,26H,1,11H2,2H3. The van der Waals surface area contributed by atoms with Crippen molar-refractivity contribution in [3.63, 3.8) is 0 Å². The fourth-order valence-corrected chi connectivity index (χ4v) is 4.79. The van der Waals surface area contributed by atoms with Gasteiger partial charge in [0.2, 0.25) is 17.3 Å². The summed E-state index contributed by atoms with van der Waals surface area (Å²) in [5.74, 6) is 1.04. The summed E-state index contributed by atoms with van der Waals surface area (Å²) in [5, 5.41) is 17.8. The molecule has 0 fully saturated rings. The number of fused-ring (bicyclic) bond motifs is 3. The minimum Gasteiger partial charge on any atom is -0.447 e. The van der Waals surface area contributed by atoms with E-state index in [1.54, 1.807) is 10.8 Å². The van der Waals surface area contributed by atoms with Gasteiger partial charge in [-0.05, 0) is 37.3 Å². The lowest BCUT2D eigenvalue weighted by Crippen LogP contribution is -2.18. The van der Waals surface area contributed by atoms with Gasteiger partial charge in [0.1, 0.15) is 5.15 Å². The summed E-state index contributed by atoms with van der Waals surface area (Å²) in [6.07, 6.45) is 1.16. The summed E-state index contributed by atoms with van der Waals surface area (Å²) >= 11 is 11.8. The van der Waals surface area contributed by atoms with Crippen LogP contribution >= 0.6 is 39.3 Å². The Hall–Kier alpha value is -2.88. The van der Waals surface area contributed by atoms with Crippen molar-refractivity contribution < 1.29 is 4.74 Å². The number of thioether (sulfide) groups is 1. The van der Waals surface area contributed by atoms with Crippen LogP contribution < -0.4 is 10.1 Å². The van der Waals surface area contributed by atoms with Crippen molar-refractivity contribution in [2.75, 3.05) is 11.1 Å². The normalized spacial score (nSPS) is 14.5. The molecule has 2 aromatic carbocycles.